The zero-order valence-electron chi connectivity index (χ0n) is 41.9. The fourth-order valence-electron chi connectivity index (χ4n) is 7.66. The molecule has 0 saturated carbocycles. The molecule has 3 N–H and O–H groups in total. The minimum absolute atomic E-state index is 0.0347. The number of carbonyl (C=O) groups is 2. The van der Waals surface area contributed by atoms with E-state index in [9.17, 15) is 19.8 Å². The molecule has 6 heteroatoms. The Bertz CT molecular complexity index is 1230. The molecule has 0 rings (SSSR count). The number of hydrogen-bond acceptors (Lipinski definition) is 5. The van der Waals surface area contributed by atoms with Crippen molar-refractivity contribution in [3.63, 3.8) is 0 Å². The number of amides is 1. The Labute approximate surface area is 395 Å². The molecule has 0 aliphatic carbocycles. The van der Waals surface area contributed by atoms with Crippen LogP contribution < -0.4 is 5.32 Å². The summed E-state index contributed by atoms with van der Waals surface area (Å²) in [5.74, 6) is -0.552. The minimum Gasteiger partial charge on any atom is -0.462 e. The summed E-state index contributed by atoms with van der Waals surface area (Å²) in [7, 11) is 0. The Morgan fingerprint density at radius 2 is 0.844 bits per heavy atom. The van der Waals surface area contributed by atoms with Gasteiger partial charge in [-0.2, -0.15) is 0 Å². The number of nitrogens with one attached hydrogen (secondary N) is 1. The van der Waals surface area contributed by atoms with Crippen LogP contribution in [0.25, 0.3) is 0 Å². The summed E-state index contributed by atoms with van der Waals surface area (Å²) in [5, 5.41) is 23.8. The molecule has 0 aliphatic heterocycles. The highest BCUT2D eigenvalue weighted by molar-refractivity contribution is 5.77. The number of rotatable bonds is 47. The predicted molar refractivity (Wildman–Crippen MR) is 278 cm³/mol. The molecular formula is C58H101NO5. The second kappa shape index (κ2) is 51.0. The van der Waals surface area contributed by atoms with E-state index in [4.69, 9.17) is 4.74 Å². The molecule has 0 aromatic rings. The highest BCUT2D eigenvalue weighted by Crippen LogP contribution is 2.17. The van der Waals surface area contributed by atoms with Gasteiger partial charge in [-0.05, 0) is 103 Å². The van der Waals surface area contributed by atoms with E-state index in [1.165, 1.54) is 96.3 Å². The van der Waals surface area contributed by atoms with Crippen LogP contribution in [0.2, 0.25) is 0 Å². The number of ether oxygens (including phenoxy) is 1. The first-order valence-corrected chi connectivity index (χ1v) is 26.8. The molecule has 0 bridgehead atoms. The largest absolute Gasteiger partial charge is 0.462 e. The van der Waals surface area contributed by atoms with Crippen LogP contribution >= 0.6 is 0 Å². The smallest absolute Gasteiger partial charge is 0.306 e. The van der Waals surface area contributed by atoms with Crippen LogP contribution in [-0.2, 0) is 14.3 Å². The number of esters is 1. The Hall–Kier alpha value is -2.96. The Balaban J connectivity index is 4.64. The van der Waals surface area contributed by atoms with E-state index in [2.05, 4.69) is 111 Å². The molecule has 0 aromatic carbocycles. The number of carbonyl (C=O) groups excluding carboxylic acids is 2. The van der Waals surface area contributed by atoms with Gasteiger partial charge in [0.05, 0.1) is 25.2 Å². The second-order valence-corrected chi connectivity index (χ2v) is 17.9. The lowest BCUT2D eigenvalue weighted by atomic mass is 10.0. The van der Waals surface area contributed by atoms with Crippen molar-refractivity contribution in [3.8, 4) is 0 Å². The van der Waals surface area contributed by atoms with Crippen molar-refractivity contribution in [3.05, 3.63) is 85.1 Å². The van der Waals surface area contributed by atoms with Crippen molar-refractivity contribution in [1.29, 1.82) is 0 Å². The van der Waals surface area contributed by atoms with Crippen LogP contribution in [0, 0.1) is 0 Å². The SMILES string of the molecule is CC/C=C/C/C=C/C/C=C/CCCCC(CC(=O)NC(CO)C(O)CCCCCCCCCCCCCCCC)OC(=O)CCCCC/C=C\C/C=C\C/C=C\C/C=C\CCCCC. The third kappa shape index (κ3) is 45.6. The lowest BCUT2D eigenvalue weighted by molar-refractivity contribution is -0.151. The maximum Gasteiger partial charge on any atom is 0.306 e. The van der Waals surface area contributed by atoms with Gasteiger partial charge in [-0.1, -0.05) is 215 Å². The Kier molecular flexibility index (Phi) is 48.7. The van der Waals surface area contributed by atoms with E-state index < -0.39 is 18.2 Å². The first-order chi connectivity index (χ1) is 31.5. The molecule has 6 nitrogen and oxygen atoms in total. The zero-order chi connectivity index (χ0) is 46.7. The van der Waals surface area contributed by atoms with Crippen molar-refractivity contribution in [2.24, 2.45) is 0 Å². The fourth-order valence-corrected chi connectivity index (χ4v) is 7.66. The molecule has 0 radical (unpaired) electrons. The van der Waals surface area contributed by atoms with Gasteiger partial charge in [-0.3, -0.25) is 9.59 Å². The first-order valence-electron chi connectivity index (χ1n) is 26.8. The maximum absolute atomic E-state index is 13.2. The molecule has 0 aromatic heterocycles. The van der Waals surface area contributed by atoms with Gasteiger partial charge in [0, 0.05) is 6.42 Å². The summed E-state index contributed by atoms with van der Waals surface area (Å²) < 4.78 is 5.90. The monoisotopic (exact) mass is 892 g/mol. The van der Waals surface area contributed by atoms with E-state index in [0.29, 0.717) is 19.3 Å². The average Bonchev–Trinajstić information content (AvgIpc) is 3.29. The lowest BCUT2D eigenvalue weighted by Gasteiger charge is -2.24. The van der Waals surface area contributed by atoms with Crippen molar-refractivity contribution in [2.75, 3.05) is 6.61 Å². The topological polar surface area (TPSA) is 95.9 Å². The van der Waals surface area contributed by atoms with Crippen LogP contribution in [0.1, 0.15) is 245 Å². The third-order valence-corrected chi connectivity index (χ3v) is 11.7. The van der Waals surface area contributed by atoms with Crippen molar-refractivity contribution in [2.45, 2.75) is 264 Å². The van der Waals surface area contributed by atoms with Crippen molar-refractivity contribution < 1.29 is 24.5 Å². The number of hydrogen-bond donors (Lipinski definition) is 3. The lowest BCUT2D eigenvalue weighted by Crippen LogP contribution is -2.46. The number of aliphatic hydroxyl groups excluding tert-OH is 2. The summed E-state index contributed by atoms with van der Waals surface area (Å²) in [6.45, 7) is 6.32. The molecule has 0 fully saturated rings. The van der Waals surface area contributed by atoms with E-state index in [-0.39, 0.29) is 24.9 Å². The number of unbranched alkanes of at least 4 members (excludes halogenated alkanes) is 21. The standard InChI is InChI=1S/C58H101NO5/c1-4-7-10-13-16-19-22-25-27-28-29-30-31-33-36-39-42-45-48-51-58(63)64-54(49-46-43-40-37-34-24-21-18-15-12-9-6-3)52-57(62)59-55(53-60)56(61)50-47-44-41-38-35-32-26-23-20-17-14-11-8-5-2/h9,12,16,18-19,21,25,27,29-30,33-34,36-37,54-56,60-61H,4-8,10-11,13-15,17,20,22-24,26,28,31-32,35,38-53H2,1-3H3,(H,59,62)/b12-9+,19-16-,21-18+,27-25-,30-29-,36-33-,37-34+. The predicted octanol–water partition coefficient (Wildman–Crippen LogP) is 16.3. The highest BCUT2D eigenvalue weighted by atomic mass is 16.5. The average molecular weight is 892 g/mol. The Morgan fingerprint density at radius 3 is 1.31 bits per heavy atom. The van der Waals surface area contributed by atoms with Gasteiger partial charge in [-0.25, -0.2) is 0 Å². The Morgan fingerprint density at radius 1 is 0.469 bits per heavy atom. The van der Waals surface area contributed by atoms with E-state index in [0.717, 1.165) is 103 Å². The summed E-state index contributed by atoms with van der Waals surface area (Å²) in [5.41, 5.74) is 0. The third-order valence-electron chi connectivity index (χ3n) is 11.7. The summed E-state index contributed by atoms with van der Waals surface area (Å²) in [6.07, 6.45) is 66.4. The quantitative estimate of drug-likeness (QED) is 0.0321. The normalized spacial score (nSPS) is 13.9. The van der Waals surface area contributed by atoms with Gasteiger partial charge in [0.25, 0.3) is 0 Å². The van der Waals surface area contributed by atoms with Crippen LogP contribution in [0.5, 0.6) is 0 Å². The molecule has 0 heterocycles. The minimum atomic E-state index is -0.808. The van der Waals surface area contributed by atoms with Gasteiger partial charge in [0.15, 0.2) is 0 Å². The van der Waals surface area contributed by atoms with Crippen molar-refractivity contribution >= 4 is 11.9 Å². The van der Waals surface area contributed by atoms with Crippen LogP contribution in [-0.4, -0.2) is 46.9 Å². The molecule has 3 atom stereocenters. The molecule has 1 amide bonds. The van der Waals surface area contributed by atoms with Gasteiger partial charge in [-0.15, -0.1) is 0 Å². The summed E-state index contributed by atoms with van der Waals surface area (Å²) in [6, 6.07) is -0.725. The van der Waals surface area contributed by atoms with Gasteiger partial charge in [0.1, 0.15) is 6.10 Å². The van der Waals surface area contributed by atoms with E-state index in [1.54, 1.807) is 0 Å². The summed E-state index contributed by atoms with van der Waals surface area (Å²) in [4.78, 5) is 26.2. The molecule has 64 heavy (non-hydrogen) atoms. The fraction of sp³-hybridized carbons (Fsp3) is 0.724. The van der Waals surface area contributed by atoms with E-state index >= 15 is 0 Å². The second-order valence-electron chi connectivity index (χ2n) is 17.9. The molecular weight excluding hydrogens is 791 g/mol. The van der Waals surface area contributed by atoms with E-state index in [1.807, 2.05) is 0 Å². The van der Waals surface area contributed by atoms with Gasteiger partial charge < -0.3 is 20.3 Å². The molecule has 3 unspecified atom stereocenters. The molecule has 368 valence electrons. The van der Waals surface area contributed by atoms with Crippen molar-refractivity contribution in [1.82, 2.24) is 5.32 Å². The molecule has 0 saturated heterocycles. The number of allylic oxidation sites excluding steroid dienone is 14. The first kappa shape index (κ1) is 61.0. The highest BCUT2D eigenvalue weighted by Gasteiger charge is 2.24. The van der Waals surface area contributed by atoms with Gasteiger partial charge in [0.2, 0.25) is 5.91 Å². The van der Waals surface area contributed by atoms with Gasteiger partial charge >= 0.3 is 5.97 Å². The van der Waals surface area contributed by atoms with Crippen LogP contribution in [0.15, 0.2) is 85.1 Å². The summed E-state index contributed by atoms with van der Waals surface area (Å²) >= 11 is 0. The van der Waals surface area contributed by atoms with Crippen LogP contribution in [0.4, 0.5) is 0 Å². The molecule has 0 aliphatic rings. The molecule has 0 spiro atoms. The number of aliphatic hydroxyl groups is 2. The zero-order valence-corrected chi connectivity index (χ0v) is 41.9. The maximum atomic E-state index is 13.2. The van der Waals surface area contributed by atoms with Crippen LogP contribution in [0.3, 0.4) is 0 Å².